The van der Waals surface area contributed by atoms with Crippen molar-refractivity contribution >= 4 is 27.9 Å². The molecule has 0 aromatic rings. The van der Waals surface area contributed by atoms with Crippen molar-refractivity contribution in [2.24, 2.45) is 4.99 Å². The number of nitrogens with zero attached hydrogens (tertiary/aromatic N) is 1. The molecular formula is C3BrF2NO2. The molecule has 0 heterocycles. The topological polar surface area (TPSA) is 46.5 Å². The van der Waals surface area contributed by atoms with E-state index in [4.69, 9.17) is 0 Å². The summed E-state index contributed by atoms with van der Waals surface area (Å²) < 4.78 is 23.2. The molecule has 0 saturated carbocycles. The molecule has 0 atom stereocenters. The summed E-state index contributed by atoms with van der Waals surface area (Å²) in [6, 6.07) is 0. The SMILES string of the molecule is O=C=NC(=O)C(F)(F)Br. The molecule has 0 unspecified atom stereocenters. The van der Waals surface area contributed by atoms with Crippen LogP contribution in [0.4, 0.5) is 8.78 Å². The summed E-state index contributed by atoms with van der Waals surface area (Å²) in [6.07, 6.45) is 0.689. The van der Waals surface area contributed by atoms with E-state index in [0.717, 1.165) is 0 Å². The molecule has 9 heavy (non-hydrogen) atoms. The zero-order valence-corrected chi connectivity index (χ0v) is 5.48. The van der Waals surface area contributed by atoms with Gasteiger partial charge in [-0.3, -0.25) is 4.79 Å². The molecule has 0 aliphatic carbocycles. The first kappa shape index (κ1) is 8.39. The molecular weight excluding hydrogens is 200 g/mol. The van der Waals surface area contributed by atoms with Gasteiger partial charge in [-0.05, 0) is 0 Å². The van der Waals surface area contributed by atoms with Gasteiger partial charge in [0, 0.05) is 15.9 Å². The largest absolute Gasteiger partial charge is 0.380 e. The number of rotatable bonds is 1. The van der Waals surface area contributed by atoms with Crippen molar-refractivity contribution in [1.82, 2.24) is 0 Å². The zero-order chi connectivity index (χ0) is 7.49. The molecule has 0 N–H and O–H groups in total. The van der Waals surface area contributed by atoms with Crippen molar-refractivity contribution in [1.29, 1.82) is 0 Å². The van der Waals surface area contributed by atoms with E-state index in [0.29, 0.717) is 6.08 Å². The summed E-state index contributed by atoms with van der Waals surface area (Å²) in [6.45, 7) is 0. The minimum atomic E-state index is -3.75. The molecule has 0 aromatic heterocycles. The smallest absolute Gasteiger partial charge is 0.264 e. The third-order valence-electron chi connectivity index (χ3n) is 0.390. The van der Waals surface area contributed by atoms with Gasteiger partial charge in [0.15, 0.2) is 0 Å². The number of carbonyl (C=O) groups is 1. The minimum absolute atomic E-state index is 0.689. The summed E-state index contributed by atoms with van der Waals surface area (Å²) >= 11 is 1.69. The summed E-state index contributed by atoms with van der Waals surface area (Å²) in [5.74, 6) is -1.85. The van der Waals surface area contributed by atoms with Gasteiger partial charge in [0.2, 0.25) is 6.08 Å². The third kappa shape index (κ3) is 3.05. The van der Waals surface area contributed by atoms with Crippen molar-refractivity contribution in [3.8, 4) is 0 Å². The van der Waals surface area contributed by atoms with E-state index in [1.54, 1.807) is 15.9 Å². The second kappa shape index (κ2) is 2.80. The van der Waals surface area contributed by atoms with Crippen LogP contribution in [0.3, 0.4) is 0 Å². The van der Waals surface area contributed by atoms with Gasteiger partial charge in [-0.15, -0.1) is 4.99 Å². The van der Waals surface area contributed by atoms with Crippen LogP contribution in [-0.2, 0) is 9.59 Å². The first-order valence-corrected chi connectivity index (χ1v) is 2.47. The van der Waals surface area contributed by atoms with E-state index in [2.05, 4.69) is 4.99 Å². The molecule has 0 saturated heterocycles. The van der Waals surface area contributed by atoms with Gasteiger partial charge in [0.05, 0.1) is 0 Å². The Hall–Kier alpha value is -0.610. The highest BCUT2D eigenvalue weighted by Gasteiger charge is 2.34. The van der Waals surface area contributed by atoms with Crippen LogP contribution in [0.1, 0.15) is 0 Å². The summed E-state index contributed by atoms with van der Waals surface area (Å²) in [5, 5.41) is 0. The lowest BCUT2D eigenvalue weighted by Crippen LogP contribution is -2.17. The van der Waals surface area contributed by atoms with Crippen LogP contribution in [0.15, 0.2) is 4.99 Å². The predicted octanol–water partition coefficient (Wildman–Crippen LogP) is 0.836. The second-order valence-corrected chi connectivity index (χ2v) is 2.00. The molecule has 50 valence electrons. The molecule has 0 rings (SSSR count). The van der Waals surface area contributed by atoms with Crippen molar-refractivity contribution in [3.05, 3.63) is 0 Å². The maximum Gasteiger partial charge on any atom is 0.380 e. The summed E-state index contributed by atoms with van der Waals surface area (Å²) in [7, 11) is 0. The van der Waals surface area contributed by atoms with Crippen LogP contribution in [0.2, 0.25) is 0 Å². The molecule has 0 aliphatic rings. The molecule has 0 radical (unpaired) electrons. The third-order valence-corrected chi connectivity index (χ3v) is 0.729. The Morgan fingerprint density at radius 2 is 2.11 bits per heavy atom. The standard InChI is InChI=1S/C3BrF2NO2/c4-3(5,6)2(9)7-1-8. The molecule has 3 nitrogen and oxygen atoms in total. The molecule has 0 bridgehead atoms. The van der Waals surface area contributed by atoms with Gasteiger partial charge < -0.3 is 0 Å². The molecule has 0 aromatic carbocycles. The van der Waals surface area contributed by atoms with Crippen LogP contribution in [0, 0.1) is 0 Å². The predicted molar refractivity (Wildman–Crippen MR) is 27.0 cm³/mol. The first-order valence-electron chi connectivity index (χ1n) is 1.67. The van der Waals surface area contributed by atoms with E-state index >= 15 is 0 Å². The van der Waals surface area contributed by atoms with Crippen molar-refractivity contribution in [3.63, 3.8) is 0 Å². The number of halogens is 3. The number of carbonyl (C=O) groups excluding carboxylic acids is 2. The molecule has 0 fully saturated rings. The van der Waals surface area contributed by atoms with E-state index < -0.39 is 10.7 Å². The maximum atomic E-state index is 11.6. The number of isocyanates is 1. The first-order chi connectivity index (χ1) is 3.98. The molecule has 6 heteroatoms. The number of hydrogen-bond donors (Lipinski definition) is 0. The summed E-state index contributed by atoms with van der Waals surface area (Å²) in [5.41, 5.74) is 0. The highest BCUT2D eigenvalue weighted by Crippen LogP contribution is 2.22. The quantitative estimate of drug-likeness (QED) is 0.357. The lowest BCUT2D eigenvalue weighted by atomic mass is 10.7. The second-order valence-electron chi connectivity index (χ2n) is 1.01. The monoisotopic (exact) mass is 199 g/mol. The highest BCUT2D eigenvalue weighted by atomic mass is 79.9. The Morgan fingerprint density at radius 1 is 1.67 bits per heavy atom. The fourth-order valence-electron chi connectivity index (χ4n) is 0.105. The van der Waals surface area contributed by atoms with Gasteiger partial charge in [-0.1, -0.05) is 0 Å². The number of alkyl halides is 3. The Morgan fingerprint density at radius 3 is 2.22 bits per heavy atom. The number of aliphatic imine (C=N–C) groups is 1. The average Bonchev–Trinajstić information content (AvgIpc) is 1.64. The van der Waals surface area contributed by atoms with Gasteiger partial charge in [-0.2, -0.15) is 8.78 Å². The van der Waals surface area contributed by atoms with Gasteiger partial charge in [0.1, 0.15) is 0 Å². The zero-order valence-electron chi connectivity index (χ0n) is 3.90. The van der Waals surface area contributed by atoms with Crippen molar-refractivity contribution < 1.29 is 18.4 Å². The average molecular weight is 200 g/mol. The van der Waals surface area contributed by atoms with Gasteiger partial charge in [0.25, 0.3) is 0 Å². The van der Waals surface area contributed by atoms with Crippen LogP contribution in [0.5, 0.6) is 0 Å². The van der Waals surface area contributed by atoms with Crippen LogP contribution < -0.4 is 0 Å². The van der Waals surface area contributed by atoms with Gasteiger partial charge in [-0.25, -0.2) is 4.79 Å². The number of amides is 1. The lowest BCUT2D eigenvalue weighted by molar-refractivity contribution is -0.130. The minimum Gasteiger partial charge on any atom is -0.264 e. The Labute approximate surface area is 56.9 Å². The summed E-state index contributed by atoms with van der Waals surface area (Å²) in [4.78, 5) is 17.4. The number of hydrogen-bond acceptors (Lipinski definition) is 2. The molecule has 0 aliphatic heterocycles. The molecule has 0 spiro atoms. The van der Waals surface area contributed by atoms with E-state index in [1.165, 1.54) is 0 Å². The Kier molecular flexibility index (Phi) is 2.61. The van der Waals surface area contributed by atoms with Crippen LogP contribution in [-0.4, -0.2) is 16.8 Å². The highest BCUT2D eigenvalue weighted by molar-refractivity contribution is 9.10. The van der Waals surface area contributed by atoms with E-state index in [9.17, 15) is 18.4 Å². The van der Waals surface area contributed by atoms with E-state index in [-0.39, 0.29) is 0 Å². The van der Waals surface area contributed by atoms with Crippen molar-refractivity contribution in [2.45, 2.75) is 4.83 Å². The van der Waals surface area contributed by atoms with Crippen LogP contribution in [0.25, 0.3) is 0 Å². The van der Waals surface area contributed by atoms with Gasteiger partial charge >= 0.3 is 10.7 Å². The van der Waals surface area contributed by atoms with Crippen molar-refractivity contribution in [2.75, 3.05) is 0 Å². The molecule has 1 amide bonds. The van der Waals surface area contributed by atoms with Crippen LogP contribution >= 0.6 is 15.9 Å². The maximum absolute atomic E-state index is 11.6. The fraction of sp³-hybridized carbons (Fsp3) is 0.333. The normalized spacial score (nSPS) is 10.1. The fourth-order valence-corrected chi connectivity index (χ4v) is 0.194. The Bertz CT molecular complexity index is 169. The van der Waals surface area contributed by atoms with E-state index in [1.807, 2.05) is 0 Å². The Balaban J connectivity index is 4.22. The lowest BCUT2D eigenvalue weighted by Gasteiger charge is -1.97.